The highest BCUT2D eigenvalue weighted by atomic mass is 16.3. The number of nitrogens with two attached hydrogens (primary N) is 1. The summed E-state index contributed by atoms with van der Waals surface area (Å²) in [5.74, 6) is -0.225. The lowest BCUT2D eigenvalue weighted by Gasteiger charge is -2.12. The number of rotatable bonds is 4. The number of para-hydroxylation sites is 2. The molecule has 3 heterocycles. The molecule has 0 atom stereocenters. The molecule has 0 aliphatic rings. The molecule has 31 heavy (non-hydrogen) atoms. The van der Waals surface area contributed by atoms with Crippen LogP contribution in [0.2, 0.25) is 0 Å². The van der Waals surface area contributed by atoms with E-state index in [-0.39, 0.29) is 5.88 Å². The van der Waals surface area contributed by atoms with Crippen LogP contribution in [0, 0.1) is 0 Å². The maximum Gasteiger partial charge on any atom is 0.326 e. The molecule has 152 valence electrons. The molecule has 0 saturated heterocycles. The highest BCUT2D eigenvalue weighted by molar-refractivity contribution is 6.06. The average molecular weight is 409 g/mol. The zero-order valence-electron chi connectivity index (χ0n) is 16.5. The summed E-state index contributed by atoms with van der Waals surface area (Å²) in [7, 11) is 0. The van der Waals surface area contributed by atoms with Crippen LogP contribution in [0.1, 0.15) is 5.56 Å². The number of carbonyl (C=O) groups is 1. The number of aromatic hydroxyl groups is 1. The first-order valence-electron chi connectivity index (χ1n) is 9.78. The number of hydrogen-bond donors (Lipinski definition) is 3. The molecule has 0 unspecified atom stereocenters. The van der Waals surface area contributed by atoms with Crippen molar-refractivity contribution in [1.82, 2.24) is 14.5 Å². The van der Waals surface area contributed by atoms with Gasteiger partial charge >= 0.3 is 6.03 Å². The third-order valence-corrected chi connectivity index (χ3v) is 5.27. The highest BCUT2D eigenvalue weighted by Crippen LogP contribution is 2.40. The van der Waals surface area contributed by atoms with E-state index in [1.807, 2.05) is 54.6 Å². The number of carbonyl (C=O) groups excluding carboxylic acids is 1. The van der Waals surface area contributed by atoms with Crippen molar-refractivity contribution in [3.05, 3.63) is 84.7 Å². The molecule has 4 N–H and O–H groups in total. The second kappa shape index (κ2) is 7.46. The minimum Gasteiger partial charge on any atom is -0.494 e. The van der Waals surface area contributed by atoms with Crippen LogP contribution in [0.4, 0.5) is 10.5 Å². The molecule has 1 amide bonds. The Morgan fingerprint density at radius 1 is 1.00 bits per heavy atom. The summed E-state index contributed by atoms with van der Waals surface area (Å²) in [6.45, 7) is 0.602. The Kier molecular flexibility index (Phi) is 4.48. The first-order valence-corrected chi connectivity index (χ1v) is 9.78. The van der Waals surface area contributed by atoms with E-state index in [2.05, 4.69) is 10.3 Å². The Bertz CT molecular complexity index is 1430. The molecule has 7 nitrogen and oxygen atoms in total. The summed E-state index contributed by atoms with van der Waals surface area (Å²) in [6.07, 6.45) is 3.51. The molecule has 5 rings (SSSR count). The predicted octanol–water partition coefficient (Wildman–Crippen LogP) is 4.50. The summed E-state index contributed by atoms with van der Waals surface area (Å²) in [5, 5.41) is 16.0. The van der Waals surface area contributed by atoms with E-state index in [1.165, 1.54) is 0 Å². The van der Waals surface area contributed by atoms with E-state index >= 15 is 0 Å². The van der Waals surface area contributed by atoms with E-state index in [9.17, 15) is 9.90 Å². The summed E-state index contributed by atoms with van der Waals surface area (Å²) in [5.41, 5.74) is 9.80. The maximum atomic E-state index is 12.0. The van der Waals surface area contributed by atoms with Crippen LogP contribution >= 0.6 is 0 Å². The van der Waals surface area contributed by atoms with Crippen LogP contribution in [0.15, 0.2) is 79.1 Å². The number of nitrogens with zero attached hydrogens (tertiary/aromatic N) is 3. The number of primary amides is 1. The van der Waals surface area contributed by atoms with Crippen molar-refractivity contribution in [2.75, 3.05) is 5.32 Å². The van der Waals surface area contributed by atoms with Crippen LogP contribution in [-0.4, -0.2) is 25.7 Å². The number of benzene rings is 2. The molecule has 0 spiro atoms. The lowest BCUT2D eigenvalue weighted by Crippen LogP contribution is -2.18. The molecule has 0 bridgehead atoms. The Balaban J connectivity index is 1.70. The van der Waals surface area contributed by atoms with Gasteiger partial charge in [-0.25, -0.2) is 14.3 Å². The first kappa shape index (κ1) is 18.6. The van der Waals surface area contributed by atoms with Gasteiger partial charge in [-0.1, -0.05) is 36.4 Å². The van der Waals surface area contributed by atoms with Gasteiger partial charge in [0.25, 0.3) is 0 Å². The second-order valence-electron chi connectivity index (χ2n) is 7.17. The van der Waals surface area contributed by atoms with Gasteiger partial charge in [0.2, 0.25) is 5.88 Å². The molecule has 3 aromatic heterocycles. The number of pyridine rings is 2. The van der Waals surface area contributed by atoms with Crippen LogP contribution in [0.5, 0.6) is 5.88 Å². The van der Waals surface area contributed by atoms with Crippen molar-refractivity contribution in [3.8, 4) is 17.1 Å². The van der Waals surface area contributed by atoms with Crippen LogP contribution < -0.4 is 11.1 Å². The molecule has 2 aromatic carbocycles. The van der Waals surface area contributed by atoms with E-state index in [1.54, 1.807) is 24.5 Å². The number of aromatic nitrogens is 3. The monoisotopic (exact) mass is 409 g/mol. The lowest BCUT2D eigenvalue weighted by molar-refractivity contribution is 0.248. The maximum absolute atomic E-state index is 12.0. The third kappa shape index (κ3) is 3.22. The Labute approximate surface area is 177 Å². The van der Waals surface area contributed by atoms with Crippen molar-refractivity contribution >= 4 is 33.5 Å². The SMILES string of the molecule is NC(=O)n1c(O)c(-c2cc(NCc3ccncc3)c3ccccc3n2)c2ccccc21. The Morgan fingerprint density at radius 2 is 1.71 bits per heavy atom. The lowest BCUT2D eigenvalue weighted by atomic mass is 10.1. The third-order valence-electron chi connectivity index (χ3n) is 5.27. The molecule has 0 fully saturated rings. The minimum atomic E-state index is -0.753. The molecule has 0 aliphatic carbocycles. The summed E-state index contributed by atoms with van der Waals surface area (Å²) < 4.78 is 1.10. The van der Waals surface area contributed by atoms with E-state index in [4.69, 9.17) is 10.7 Å². The van der Waals surface area contributed by atoms with Crippen molar-refractivity contribution in [2.24, 2.45) is 5.73 Å². The van der Waals surface area contributed by atoms with Crippen molar-refractivity contribution in [2.45, 2.75) is 6.54 Å². The fraction of sp³-hybridized carbons (Fsp3) is 0.0417. The Hall–Kier alpha value is -4.39. The summed E-state index contributed by atoms with van der Waals surface area (Å²) >= 11 is 0. The predicted molar refractivity (Wildman–Crippen MR) is 121 cm³/mol. The fourth-order valence-corrected chi connectivity index (χ4v) is 3.85. The van der Waals surface area contributed by atoms with E-state index < -0.39 is 6.03 Å². The Morgan fingerprint density at radius 3 is 2.48 bits per heavy atom. The normalized spacial score (nSPS) is 11.1. The van der Waals surface area contributed by atoms with Crippen LogP contribution in [0.25, 0.3) is 33.1 Å². The van der Waals surface area contributed by atoms with Crippen LogP contribution in [0.3, 0.4) is 0 Å². The highest BCUT2D eigenvalue weighted by Gasteiger charge is 2.22. The van der Waals surface area contributed by atoms with Crippen molar-refractivity contribution < 1.29 is 9.90 Å². The van der Waals surface area contributed by atoms with Gasteiger partial charge in [-0.15, -0.1) is 0 Å². The zero-order chi connectivity index (χ0) is 21.4. The van der Waals surface area contributed by atoms with Crippen molar-refractivity contribution in [3.63, 3.8) is 0 Å². The zero-order valence-corrected chi connectivity index (χ0v) is 16.5. The smallest absolute Gasteiger partial charge is 0.326 e. The van der Waals surface area contributed by atoms with Gasteiger partial charge < -0.3 is 16.2 Å². The van der Waals surface area contributed by atoms with Crippen LogP contribution in [-0.2, 0) is 6.54 Å². The fourth-order valence-electron chi connectivity index (χ4n) is 3.85. The van der Waals surface area contributed by atoms with Gasteiger partial charge in [0.05, 0.1) is 22.3 Å². The first-order chi connectivity index (χ1) is 15.1. The number of amides is 1. The summed E-state index contributed by atoms with van der Waals surface area (Å²) in [4.78, 5) is 20.8. The van der Waals surface area contributed by atoms with Gasteiger partial charge in [-0.2, -0.15) is 0 Å². The summed E-state index contributed by atoms with van der Waals surface area (Å²) in [6, 6.07) is 20.0. The van der Waals surface area contributed by atoms with E-state index in [0.717, 1.165) is 26.7 Å². The number of nitrogens with one attached hydrogen (secondary N) is 1. The quantitative estimate of drug-likeness (QED) is 0.405. The van der Waals surface area contributed by atoms with E-state index in [0.29, 0.717) is 28.7 Å². The van der Waals surface area contributed by atoms with Crippen molar-refractivity contribution in [1.29, 1.82) is 0 Å². The van der Waals surface area contributed by atoms with Gasteiger partial charge in [0.1, 0.15) is 0 Å². The average Bonchev–Trinajstić information content (AvgIpc) is 3.10. The molecular formula is C24H19N5O2. The topological polar surface area (TPSA) is 106 Å². The van der Waals surface area contributed by atoms with Gasteiger partial charge in [0, 0.05) is 35.4 Å². The minimum absolute atomic E-state index is 0.225. The standard InChI is InChI=1S/C24H19N5O2/c25-24(31)29-21-8-4-2-6-17(21)22(23(29)30)20-13-19(16-5-1-3-7-18(16)28-20)27-14-15-9-11-26-12-10-15/h1-13,30H,14H2,(H2,25,31)(H,27,28). The molecule has 5 aromatic rings. The van der Waals surface area contributed by atoms with Gasteiger partial charge in [-0.3, -0.25) is 4.98 Å². The van der Waals surface area contributed by atoms with Gasteiger partial charge in [-0.05, 0) is 35.9 Å². The number of anilines is 1. The van der Waals surface area contributed by atoms with Gasteiger partial charge in [0.15, 0.2) is 0 Å². The molecule has 0 saturated carbocycles. The largest absolute Gasteiger partial charge is 0.494 e. The molecule has 0 radical (unpaired) electrons. The number of hydrogen-bond acceptors (Lipinski definition) is 5. The number of fused-ring (bicyclic) bond motifs is 2. The molecule has 7 heteroatoms. The second-order valence-corrected chi connectivity index (χ2v) is 7.17. The molecular weight excluding hydrogens is 390 g/mol. The molecule has 0 aliphatic heterocycles.